The summed E-state index contributed by atoms with van der Waals surface area (Å²) >= 11 is 6.03. The average Bonchev–Trinajstić information content (AvgIpc) is 3.16. The number of halogens is 4. The summed E-state index contributed by atoms with van der Waals surface area (Å²) in [6.45, 7) is 0.732. The van der Waals surface area contributed by atoms with E-state index in [9.17, 15) is 22.8 Å². The van der Waals surface area contributed by atoms with Crippen LogP contribution in [0.4, 0.5) is 24.5 Å². The highest BCUT2D eigenvalue weighted by molar-refractivity contribution is 6.30. The maximum Gasteiger partial charge on any atom is 0.416 e. The molecule has 6 nitrogen and oxygen atoms in total. The lowest BCUT2D eigenvalue weighted by molar-refractivity contribution is -0.137. The van der Waals surface area contributed by atoms with Crippen LogP contribution >= 0.6 is 11.6 Å². The Bertz CT molecular complexity index is 1380. The number of fused-ring (bicyclic) bond motifs is 2. The minimum Gasteiger partial charge on any atom is -0.355 e. The Kier molecular flexibility index (Phi) is 8.56. The van der Waals surface area contributed by atoms with Crippen LogP contribution in [0.5, 0.6) is 0 Å². The van der Waals surface area contributed by atoms with Gasteiger partial charge in [-0.05, 0) is 73.7 Å². The van der Waals surface area contributed by atoms with Crippen LogP contribution in [0.15, 0.2) is 72.8 Å². The summed E-state index contributed by atoms with van der Waals surface area (Å²) in [5.74, 6) is -0.646. The Morgan fingerprint density at radius 1 is 0.976 bits per heavy atom. The molecule has 5 rings (SSSR count). The zero-order valence-corrected chi connectivity index (χ0v) is 23.4. The van der Waals surface area contributed by atoms with Crippen molar-refractivity contribution in [1.82, 2.24) is 15.1 Å². The van der Waals surface area contributed by atoms with E-state index in [1.807, 2.05) is 12.1 Å². The van der Waals surface area contributed by atoms with Gasteiger partial charge >= 0.3 is 6.18 Å². The number of alkyl halides is 3. The quantitative estimate of drug-likeness (QED) is 0.318. The molecule has 0 aliphatic carbocycles. The van der Waals surface area contributed by atoms with Crippen molar-refractivity contribution in [2.24, 2.45) is 0 Å². The smallest absolute Gasteiger partial charge is 0.355 e. The number of carbonyl (C=O) groups is 2. The van der Waals surface area contributed by atoms with E-state index in [-0.39, 0.29) is 29.7 Å². The monoisotopic (exact) mass is 584 g/mol. The molecule has 0 unspecified atom stereocenters. The minimum atomic E-state index is -4.48. The van der Waals surface area contributed by atoms with Crippen molar-refractivity contribution >= 4 is 34.8 Å². The molecular formula is C31H32ClF3N4O2. The molecule has 0 radical (unpaired) electrons. The number of hydrogen-bond donors (Lipinski definition) is 2. The van der Waals surface area contributed by atoms with Gasteiger partial charge in [-0.3, -0.25) is 14.5 Å². The van der Waals surface area contributed by atoms with Gasteiger partial charge in [-0.1, -0.05) is 41.9 Å². The molecule has 2 fully saturated rings. The highest BCUT2D eigenvalue weighted by atomic mass is 35.5. The third-order valence-electron chi connectivity index (χ3n) is 7.88. The van der Waals surface area contributed by atoms with Crippen LogP contribution in [0, 0.1) is 0 Å². The van der Waals surface area contributed by atoms with Crippen LogP contribution in [0.3, 0.4) is 0 Å². The molecular weight excluding hydrogens is 553 g/mol. The van der Waals surface area contributed by atoms with Crippen molar-refractivity contribution in [1.29, 1.82) is 0 Å². The number of anilines is 2. The van der Waals surface area contributed by atoms with E-state index < -0.39 is 17.6 Å². The molecule has 2 saturated heterocycles. The van der Waals surface area contributed by atoms with Crippen molar-refractivity contribution in [3.05, 3.63) is 94.5 Å². The van der Waals surface area contributed by atoms with Crippen molar-refractivity contribution < 1.29 is 22.8 Å². The average molecular weight is 585 g/mol. The van der Waals surface area contributed by atoms with Gasteiger partial charge in [0.25, 0.3) is 5.91 Å². The second kappa shape index (κ2) is 12.1. The predicted molar refractivity (Wildman–Crippen MR) is 153 cm³/mol. The van der Waals surface area contributed by atoms with Gasteiger partial charge in [-0.2, -0.15) is 13.2 Å². The summed E-state index contributed by atoms with van der Waals surface area (Å²) in [5, 5.41) is 6.77. The topological polar surface area (TPSA) is 64.7 Å². The number of nitrogens with one attached hydrogen (secondary N) is 2. The Morgan fingerprint density at radius 3 is 2.34 bits per heavy atom. The Morgan fingerprint density at radius 2 is 1.66 bits per heavy atom. The molecule has 0 aromatic heterocycles. The van der Waals surface area contributed by atoms with Crippen LogP contribution < -0.4 is 10.6 Å². The molecule has 0 saturated carbocycles. The molecule has 0 spiro atoms. The highest BCUT2D eigenvalue weighted by Crippen LogP contribution is 2.37. The van der Waals surface area contributed by atoms with Gasteiger partial charge in [0, 0.05) is 42.4 Å². The number of para-hydroxylation sites is 1. The highest BCUT2D eigenvalue weighted by Gasteiger charge is 2.41. The number of carbonyl (C=O) groups excluding carboxylic acids is 2. The van der Waals surface area contributed by atoms with E-state index >= 15 is 0 Å². The molecule has 10 heteroatoms. The van der Waals surface area contributed by atoms with Gasteiger partial charge in [0.15, 0.2) is 0 Å². The van der Waals surface area contributed by atoms with Crippen molar-refractivity contribution in [2.45, 2.75) is 56.5 Å². The number of likely N-dealkylation sites (N-methyl/N-ethyl adjacent to an activating group) is 1. The minimum absolute atomic E-state index is 0.0415. The lowest BCUT2D eigenvalue weighted by Crippen LogP contribution is -2.51. The maximum atomic E-state index is 13.3. The lowest BCUT2D eigenvalue weighted by atomic mass is 9.96. The first kappa shape index (κ1) is 29.0. The van der Waals surface area contributed by atoms with Crippen LogP contribution in [0.1, 0.15) is 47.2 Å². The molecule has 2 aliphatic rings. The van der Waals surface area contributed by atoms with Crippen LogP contribution in [-0.4, -0.2) is 53.3 Å². The maximum absolute atomic E-state index is 13.3. The fourth-order valence-electron chi connectivity index (χ4n) is 5.92. The molecule has 2 bridgehead atoms. The van der Waals surface area contributed by atoms with E-state index in [2.05, 4.69) is 27.7 Å². The fraction of sp³-hybridized carbons (Fsp3) is 0.355. The normalized spacial score (nSPS) is 20.5. The third-order valence-corrected chi connectivity index (χ3v) is 8.13. The van der Waals surface area contributed by atoms with Crippen LogP contribution in [0.2, 0.25) is 5.02 Å². The summed E-state index contributed by atoms with van der Waals surface area (Å²) in [4.78, 5) is 30.1. The standard InChI is InChI=1S/C31H32ClF3N4O2/c1-38(30(41)27-7-2-3-8-28(27)36-23-6-4-5-21(15-23)31(33,34)35)19-29(40)37-24-16-25-13-14-26(17-24)39(25)18-20-9-11-22(32)12-10-20/h2-12,15,24-26,36H,13-14,16-19H2,1H3,(H,37,40)/t25-,26-/m0/s1. The largest absolute Gasteiger partial charge is 0.416 e. The van der Waals surface area contributed by atoms with Gasteiger partial charge < -0.3 is 15.5 Å². The first-order valence-electron chi connectivity index (χ1n) is 13.6. The summed E-state index contributed by atoms with van der Waals surface area (Å²) in [6, 6.07) is 20.1. The van der Waals surface area contributed by atoms with Gasteiger partial charge in [-0.25, -0.2) is 0 Å². The van der Waals surface area contributed by atoms with Crippen LogP contribution in [-0.2, 0) is 17.5 Å². The Labute approximate surface area is 242 Å². The van der Waals surface area contributed by atoms with E-state index in [4.69, 9.17) is 11.6 Å². The second-order valence-corrected chi connectivity index (χ2v) is 11.3. The zero-order chi connectivity index (χ0) is 29.1. The second-order valence-electron chi connectivity index (χ2n) is 10.8. The molecule has 2 aliphatic heterocycles. The van der Waals surface area contributed by atoms with Gasteiger partial charge in [0.2, 0.25) is 5.91 Å². The molecule has 3 aromatic rings. The summed E-state index contributed by atoms with van der Waals surface area (Å²) in [7, 11) is 1.54. The fourth-order valence-corrected chi connectivity index (χ4v) is 6.05. The first-order chi connectivity index (χ1) is 19.6. The SMILES string of the molecule is CN(CC(=O)NC1C[C@@H]2CC[C@@H](C1)N2Cc1ccc(Cl)cc1)C(=O)c1ccccc1Nc1cccc(C(F)(F)F)c1. The predicted octanol–water partition coefficient (Wildman–Crippen LogP) is 6.49. The molecule has 2 amide bonds. The van der Waals surface area contributed by atoms with Gasteiger partial charge in [0.1, 0.15) is 0 Å². The zero-order valence-electron chi connectivity index (χ0n) is 22.6. The number of hydrogen-bond acceptors (Lipinski definition) is 4. The van der Waals surface area contributed by atoms with Crippen molar-refractivity contribution in [2.75, 3.05) is 18.9 Å². The van der Waals surface area contributed by atoms with Crippen LogP contribution in [0.25, 0.3) is 0 Å². The van der Waals surface area contributed by atoms with E-state index in [0.717, 1.165) is 49.4 Å². The summed E-state index contributed by atoms with van der Waals surface area (Å²) < 4.78 is 39.4. The number of amides is 2. The van der Waals surface area contributed by atoms with E-state index in [1.54, 1.807) is 31.3 Å². The summed E-state index contributed by atoms with van der Waals surface area (Å²) in [5.41, 5.74) is 1.25. The molecule has 2 N–H and O–H groups in total. The first-order valence-corrected chi connectivity index (χ1v) is 14.0. The lowest BCUT2D eigenvalue weighted by Gasteiger charge is -2.39. The molecule has 3 aromatic carbocycles. The molecule has 2 heterocycles. The Hall–Kier alpha value is -3.56. The third kappa shape index (κ3) is 7.02. The van der Waals surface area contributed by atoms with Gasteiger partial charge in [0.05, 0.1) is 23.4 Å². The van der Waals surface area contributed by atoms with Crippen molar-refractivity contribution in [3.63, 3.8) is 0 Å². The number of piperidine rings is 1. The van der Waals surface area contributed by atoms with Gasteiger partial charge in [-0.15, -0.1) is 0 Å². The Balaban J connectivity index is 1.17. The van der Waals surface area contributed by atoms with E-state index in [1.165, 1.54) is 22.6 Å². The van der Waals surface area contributed by atoms with Crippen molar-refractivity contribution in [3.8, 4) is 0 Å². The number of nitrogens with zero attached hydrogens (tertiary/aromatic N) is 2. The molecule has 2 atom stereocenters. The number of rotatable bonds is 8. The summed E-state index contributed by atoms with van der Waals surface area (Å²) in [6.07, 6.45) is -0.570. The number of benzene rings is 3. The molecule has 216 valence electrons. The molecule has 41 heavy (non-hydrogen) atoms. The van der Waals surface area contributed by atoms with E-state index in [0.29, 0.717) is 17.8 Å².